The first-order valence-corrected chi connectivity index (χ1v) is 11.9. The molecule has 3 heterocycles. The highest BCUT2D eigenvalue weighted by Crippen LogP contribution is 2.43. The van der Waals surface area contributed by atoms with Gasteiger partial charge < -0.3 is 64.9 Å². The first-order chi connectivity index (χ1) is 18.6. The van der Waals surface area contributed by atoms with Gasteiger partial charge in [-0.1, -0.05) is 0 Å². The molecule has 0 radical (unpaired) electrons. The Morgan fingerprint density at radius 1 is 0.692 bits per heavy atom. The Morgan fingerprint density at radius 3 is 1.82 bits per heavy atom. The predicted octanol–water partition coefficient (Wildman–Crippen LogP) is -0.867. The fourth-order valence-corrected chi connectivity index (χ4v) is 4.40. The van der Waals surface area contributed by atoms with Crippen molar-refractivity contribution in [3.63, 3.8) is 0 Å². The number of ether oxygens (including phenoxy) is 4. The lowest BCUT2D eigenvalue weighted by Gasteiger charge is -2.18. The number of aliphatic hydroxyl groups is 6. The largest absolute Gasteiger partial charge is 0.507 e. The zero-order valence-electron chi connectivity index (χ0n) is 20.1. The van der Waals surface area contributed by atoms with Crippen molar-refractivity contribution in [2.75, 3.05) is 13.2 Å². The Labute approximate surface area is 219 Å². The molecule has 14 nitrogen and oxygen atoms in total. The number of rotatable bonds is 7. The molecule has 3 aromatic rings. The van der Waals surface area contributed by atoms with Gasteiger partial charge in [-0.25, -0.2) is 4.42 Å². The first-order valence-electron chi connectivity index (χ1n) is 11.9. The minimum atomic E-state index is -1.56. The summed E-state index contributed by atoms with van der Waals surface area (Å²) in [6.45, 7) is -1.18. The minimum Gasteiger partial charge on any atom is -0.507 e. The lowest BCUT2D eigenvalue weighted by atomic mass is 10.1. The fraction of sp³-hybridized carbons (Fsp3) is 0.400. The number of phenols is 3. The maximum atomic E-state index is 10.4. The van der Waals surface area contributed by atoms with Crippen LogP contribution in [0.4, 0.5) is 0 Å². The molecule has 2 fully saturated rings. The highest BCUT2D eigenvalue weighted by atomic mass is 16.7. The van der Waals surface area contributed by atoms with Crippen LogP contribution in [0.15, 0.2) is 40.8 Å². The third kappa shape index (κ3) is 4.99. The number of phenolic OH excluding ortho intramolecular Hbond substituents is 3. The molecule has 0 aliphatic carbocycles. The molecule has 2 aliphatic rings. The molecule has 0 bridgehead atoms. The SMILES string of the molecule is OC[C@H]1O[C@@H](Oc2cc3c(O[C@@H]4O[C@H](CO)[C@@H](O)[C@@H]4O)cc(O)cc3[o+]c2-c2ccc(O)c(O)c2)[C@@H](O)[C@@H]1O. The molecule has 2 aliphatic heterocycles. The van der Waals surface area contributed by atoms with Crippen molar-refractivity contribution in [3.8, 4) is 40.1 Å². The van der Waals surface area contributed by atoms with Crippen LogP contribution in [0.25, 0.3) is 22.3 Å². The molecule has 0 spiro atoms. The van der Waals surface area contributed by atoms with Crippen molar-refractivity contribution in [2.45, 2.75) is 49.2 Å². The second-order valence-electron chi connectivity index (χ2n) is 9.15. The molecule has 1 aromatic heterocycles. The van der Waals surface area contributed by atoms with Crippen molar-refractivity contribution in [3.05, 3.63) is 36.4 Å². The monoisotopic (exact) mass is 551 g/mol. The van der Waals surface area contributed by atoms with E-state index in [0.29, 0.717) is 0 Å². The van der Waals surface area contributed by atoms with Crippen LogP contribution in [0.2, 0.25) is 0 Å². The van der Waals surface area contributed by atoms with Crippen LogP contribution in [0.1, 0.15) is 0 Å². The van der Waals surface area contributed by atoms with Gasteiger partial charge in [0.05, 0.1) is 24.8 Å². The van der Waals surface area contributed by atoms with Gasteiger partial charge in [-0.2, -0.15) is 0 Å². The van der Waals surface area contributed by atoms with Crippen molar-refractivity contribution < 1.29 is 69.3 Å². The average Bonchev–Trinajstić information content (AvgIpc) is 3.34. The van der Waals surface area contributed by atoms with Crippen molar-refractivity contribution in [2.24, 2.45) is 0 Å². The van der Waals surface area contributed by atoms with Gasteiger partial charge in [0, 0.05) is 18.2 Å². The summed E-state index contributed by atoms with van der Waals surface area (Å²) in [4.78, 5) is 0. The van der Waals surface area contributed by atoms with E-state index in [-0.39, 0.29) is 39.5 Å². The molecule has 2 saturated heterocycles. The van der Waals surface area contributed by atoms with E-state index in [9.17, 15) is 46.0 Å². The van der Waals surface area contributed by atoms with Gasteiger partial charge in [0.25, 0.3) is 0 Å². The van der Waals surface area contributed by atoms with Crippen molar-refractivity contribution in [1.82, 2.24) is 0 Å². The molecule has 0 amide bonds. The maximum absolute atomic E-state index is 10.4. The second-order valence-corrected chi connectivity index (χ2v) is 9.15. The summed E-state index contributed by atoms with van der Waals surface area (Å²) in [6, 6.07) is 7.53. The Balaban J connectivity index is 1.60. The fourth-order valence-electron chi connectivity index (χ4n) is 4.40. The van der Waals surface area contributed by atoms with E-state index >= 15 is 0 Å². The highest BCUT2D eigenvalue weighted by molar-refractivity contribution is 5.89. The lowest BCUT2D eigenvalue weighted by Crippen LogP contribution is -2.35. The van der Waals surface area contributed by atoms with Crippen LogP contribution in [0, 0.1) is 0 Å². The molecule has 8 atom stereocenters. The Hall–Kier alpha value is -3.47. The van der Waals surface area contributed by atoms with Gasteiger partial charge in [0.1, 0.15) is 53.5 Å². The van der Waals surface area contributed by atoms with Crippen LogP contribution in [-0.4, -0.2) is 108 Å². The highest BCUT2D eigenvalue weighted by Gasteiger charge is 2.46. The molecule has 210 valence electrons. The quantitative estimate of drug-likeness (QED) is 0.128. The summed E-state index contributed by atoms with van der Waals surface area (Å²) < 4.78 is 28.3. The number of aliphatic hydroxyl groups excluding tert-OH is 6. The number of hydrogen-bond acceptors (Lipinski definition) is 13. The van der Waals surface area contributed by atoms with Crippen LogP contribution in [0.3, 0.4) is 0 Å². The second kappa shape index (κ2) is 10.6. The maximum Gasteiger partial charge on any atom is 0.402 e. The van der Waals surface area contributed by atoms with E-state index < -0.39 is 73.9 Å². The molecular weight excluding hydrogens is 524 g/mol. The lowest BCUT2D eigenvalue weighted by molar-refractivity contribution is -0.117. The average molecular weight is 551 g/mol. The van der Waals surface area contributed by atoms with Gasteiger partial charge in [-0.3, -0.25) is 0 Å². The van der Waals surface area contributed by atoms with Crippen LogP contribution < -0.4 is 9.47 Å². The smallest absolute Gasteiger partial charge is 0.402 e. The number of benzene rings is 2. The van der Waals surface area contributed by atoms with E-state index in [1.54, 1.807) is 0 Å². The Morgan fingerprint density at radius 2 is 1.28 bits per heavy atom. The Bertz CT molecular complexity index is 1350. The molecule has 5 rings (SSSR count). The standard InChI is InChI=1S/C25H26O14/c26-7-17-19(31)21(33)24(38-17)36-15-5-10(28)4-14-11(15)6-16(37-25-22(34)20(32)18(8-27)39-25)23(35-14)9-1-2-12(29)13(30)3-9/h1-6,17-22,24-27,31-34H,7-8H2,(H2-,28,29,30)/p+1/t17-,18-,19-,20-,21+,22+,24-,25-/m1/s1. The third-order valence-corrected chi connectivity index (χ3v) is 6.52. The molecule has 14 heteroatoms. The first kappa shape index (κ1) is 27.1. The van der Waals surface area contributed by atoms with Gasteiger partial charge >= 0.3 is 11.3 Å². The molecule has 2 aromatic carbocycles. The van der Waals surface area contributed by atoms with E-state index in [2.05, 4.69) is 0 Å². The number of hydrogen-bond donors (Lipinski definition) is 9. The number of aromatic hydroxyl groups is 3. The van der Waals surface area contributed by atoms with E-state index in [1.165, 1.54) is 36.4 Å². The Kier molecular flexibility index (Phi) is 7.37. The molecular formula is C25H27O14+. The van der Waals surface area contributed by atoms with Crippen molar-refractivity contribution in [1.29, 1.82) is 0 Å². The van der Waals surface area contributed by atoms with Crippen LogP contribution in [0.5, 0.6) is 28.7 Å². The van der Waals surface area contributed by atoms with Gasteiger partial charge in [-0.05, 0) is 12.1 Å². The third-order valence-electron chi connectivity index (χ3n) is 6.52. The van der Waals surface area contributed by atoms with E-state index in [4.69, 9.17) is 23.4 Å². The van der Waals surface area contributed by atoms with Crippen molar-refractivity contribution >= 4 is 11.0 Å². The van der Waals surface area contributed by atoms with Gasteiger partial charge in [-0.15, -0.1) is 0 Å². The summed E-state index contributed by atoms with van der Waals surface area (Å²) in [6.07, 6.45) is -11.1. The normalized spacial score (nSPS) is 30.6. The summed E-state index contributed by atoms with van der Waals surface area (Å²) in [5.74, 6) is -1.46. The van der Waals surface area contributed by atoms with Gasteiger partial charge in [0.2, 0.25) is 18.3 Å². The number of fused-ring (bicyclic) bond motifs is 1. The molecule has 0 saturated carbocycles. The van der Waals surface area contributed by atoms with Crippen LogP contribution in [-0.2, 0) is 9.47 Å². The summed E-state index contributed by atoms with van der Waals surface area (Å²) in [5.41, 5.74) is 0.219. The predicted molar refractivity (Wildman–Crippen MR) is 128 cm³/mol. The minimum absolute atomic E-state index is 0.0211. The zero-order valence-corrected chi connectivity index (χ0v) is 20.1. The molecule has 9 N–H and O–H groups in total. The van der Waals surface area contributed by atoms with Crippen LogP contribution >= 0.6 is 0 Å². The zero-order chi connectivity index (χ0) is 28.0. The summed E-state index contributed by atoms with van der Waals surface area (Å²) in [7, 11) is 0. The topological polar surface area (TPSA) is 230 Å². The summed E-state index contributed by atoms with van der Waals surface area (Å²) in [5, 5.41) is 89.9. The summed E-state index contributed by atoms with van der Waals surface area (Å²) >= 11 is 0. The van der Waals surface area contributed by atoms with E-state index in [0.717, 1.165) is 0 Å². The van der Waals surface area contributed by atoms with Gasteiger partial charge in [0.15, 0.2) is 11.5 Å². The molecule has 0 unspecified atom stereocenters. The molecule has 39 heavy (non-hydrogen) atoms. The van der Waals surface area contributed by atoms with E-state index in [1.807, 2.05) is 0 Å².